The van der Waals surface area contributed by atoms with Gasteiger partial charge in [0.1, 0.15) is 18.0 Å². The van der Waals surface area contributed by atoms with E-state index in [0.29, 0.717) is 19.7 Å². The molecule has 1 saturated heterocycles. The van der Waals surface area contributed by atoms with Gasteiger partial charge in [0.05, 0.1) is 19.3 Å². The second-order valence-corrected chi connectivity index (χ2v) is 5.87. The highest BCUT2D eigenvalue weighted by atomic mass is 35.5. The van der Waals surface area contributed by atoms with Crippen LogP contribution in [0.1, 0.15) is 23.3 Å². The zero-order valence-electron chi connectivity index (χ0n) is 14.2. The minimum absolute atomic E-state index is 0. The van der Waals surface area contributed by atoms with Gasteiger partial charge in [0.2, 0.25) is 5.91 Å². The lowest BCUT2D eigenvalue weighted by Gasteiger charge is -2.35. The monoisotopic (exact) mass is 368 g/mol. The van der Waals surface area contributed by atoms with Crippen molar-refractivity contribution in [2.24, 2.45) is 7.05 Å². The summed E-state index contributed by atoms with van der Waals surface area (Å²) in [6, 6.07) is 5.87. The summed E-state index contributed by atoms with van der Waals surface area (Å²) in [5.74, 6) is -0.335. The molecule has 0 saturated carbocycles. The van der Waals surface area contributed by atoms with Gasteiger partial charge in [-0.05, 0) is 24.7 Å². The molecule has 2 heterocycles. The van der Waals surface area contributed by atoms with E-state index in [4.69, 9.17) is 4.74 Å². The molecule has 0 radical (unpaired) electrons. The summed E-state index contributed by atoms with van der Waals surface area (Å²) in [4.78, 5) is 14.6. The minimum Gasteiger partial charge on any atom is -0.370 e. The van der Waals surface area contributed by atoms with Crippen molar-refractivity contribution >= 4 is 18.3 Å². The summed E-state index contributed by atoms with van der Waals surface area (Å²) in [7, 11) is 3.56. The lowest BCUT2D eigenvalue weighted by molar-refractivity contribution is -0.141. The maximum atomic E-state index is 13.4. The summed E-state index contributed by atoms with van der Waals surface area (Å²) >= 11 is 0. The van der Waals surface area contributed by atoms with Crippen LogP contribution in [0.3, 0.4) is 0 Å². The Balaban J connectivity index is 0.00000225. The van der Waals surface area contributed by atoms with Crippen molar-refractivity contribution in [3.8, 4) is 0 Å². The third kappa shape index (κ3) is 4.36. The fourth-order valence-electron chi connectivity index (χ4n) is 2.96. The number of halogens is 2. The van der Waals surface area contributed by atoms with Crippen molar-refractivity contribution in [3.05, 3.63) is 53.6 Å². The molecule has 2 atom stereocenters. The molecule has 0 spiro atoms. The number of nitrogens with one attached hydrogen (secondary N) is 1. The van der Waals surface area contributed by atoms with E-state index in [2.05, 4.69) is 10.4 Å². The lowest BCUT2D eigenvalue weighted by Crippen LogP contribution is -2.46. The third-order valence-corrected chi connectivity index (χ3v) is 4.19. The largest absolute Gasteiger partial charge is 0.370 e. The Morgan fingerprint density at radius 2 is 2.28 bits per heavy atom. The van der Waals surface area contributed by atoms with Crippen LogP contribution in [0.15, 0.2) is 36.7 Å². The first-order chi connectivity index (χ1) is 11.6. The highest BCUT2D eigenvalue weighted by Crippen LogP contribution is 2.25. The molecule has 1 aromatic carbocycles. The first kappa shape index (κ1) is 19.4. The molecule has 1 aliphatic heterocycles. The molecular formula is C17H22ClFN4O2. The summed E-state index contributed by atoms with van der Waals surface area (Å²) in [5, 5.41) is 7.17. The van der Waals surface area contributed by atoms with E-state index in [1.54, 1.807) is 28.9 Å². The topological polar surface area (TPSA) is 59.4 Å². The number of aryl methyl sites for hydroxylation is 1. The van der Waals surface area contributed by atoms with Gasteiger partial charge in [0, 0.05) is 25.4 Å². The number of morpholine rings is 1. The van der Waals surface area contributed by atoms with Crippen LogP contribution < -0.4 is 5.32 Å². The van der Waals surface area contributed by atoms with Gasteiger partial charge in [-0.15, -0.1) is 12.4 Å². The van der Waals surface area contributed by atoms with Crippen LogP contribution in [0.2, 0.25) is 0 Å². The first-order valence-corrected chi connectivity index (χ1v) is 7.90. The zero-order valence-corrected chi connectivity index (χ0v) is 15.0. The number of hydrogen-bond donors (Lipinski definition) is 1. The Labute approximate surface area is 152 Å². The standard InChI is InChI=1S/C17H21FN4O2.ClH/c1-19-16(13-9-20-21(2)10-13)17(23)22-6-7-24-15(11-22)12-4-3-5-14(18)8-12;/h3-5,8-10,15-16,19H,6-7,11H2,1-2H3;1H. The van der Waals surface area contributed by atoms with E-state index in [1.165, 1.54) is 12.1 Å². The van der Waals surface area contributed by atoms with Crippen molar-refractivity contribution in [3.63, 3.8) is 0 Å². The molecule has 8 heteroatoms. The van der Waals surface area contributed by atoms with E-state index in [9.17, 15) is 9.18 Å². The number of ether oxygens (including phenoxy) is 1. The van der Waals surface area contributed by atoms with Gasteiger partial charge in [-0.1, -0.05) is 12.1 Å². The predicted octanol–water partition coefficient (Wildman–Crippen LogP) is 1.84. The van der Waals surface area contributed by atoms with Gasteiger partial charge in [0.15, 0.2) is 0 Å². The van der Waals surface area contributed by atoms with Crippen LogP contribution in [-0.2, 0) is 16.6 Å². The molecule has 1 aromatic heterocycles. The van der Waals surface area contributed by atoms with Crippen LogP contribution in [0.25, 0.3) is 0 Å². The Hall–Kier alpha value is -1.96. The molecule has 25 heavy (non-hydrogen) atoms. The molecule has 1 N–H and O–H groups in total. The van der Waals surface area contributed by atoms with Crippen molar-refractivity contribution in [1.82, 2.24) is 20.0 Å². The quantitative estimate of drug-likeness (QED) is 0.894. The zero-order chi connectivity index (χ0) is 17.1. The number of carbonyl (C=O) groups excluding carboxylic acids is 1. The highest BCUT2D eigenvalue weighted by Gasteiger charge is 2.30. The van der Waals surface area contributed by atoms with Crippen LogP contribution in [0, 0.1) is 5.82 Å². The molecule has 1 amide bonds. The van der Waals surface area contributed by atoms with E-state index in [-0.39, 0.29) is 30.2 Å². The molecule has 3 rings (SSSR count). The molecule has 6 nitrogen and oxygen atoms in total. The third-order valence-electron chi connectivity index (χ3n) is 4.19. The molecular weight excluding hydrogens is 347 g/mol. The summed E-state index contributed by atoms with van der Waals surface area (Å²) in [6.45, 7) is 1.35. The van der Waals surface area contributed by atoms with Crippen LogP contribution >= 0.6 is 12.4 Å². The Morgan fingerprint density at radius 3 is 2.92 bits per heavy atom. The molecule has 0 aliphatic carbocycles. The van der Waals surface area contributed by atoms with E-state index in [0.717, 1.165) is 11.1 Å². The van der Waals surface area contributed by atoms with Gasteiger partial charge >= 0.3 is 0 Å². The molecule has 2 aromatic rings. The number of likely N-dealkylation sites (N-methyl/N-ethyl adjacent to an activating group) is 1. The fraction of sp³-hybridized carbons (Fsp3) is 0.412. The Kier molecular flexibility index (Phi) is 6.52. The van der Waals surface area contributed by atoms with E-state index in [1.807, 2.05) is 19.3 Å². The van der Waals surface area contributed by atoms with Gasteiger partial charge in [-0.3, -0.25) is 9.48 Å². The Morgan fingerprint density at radius 1 is 1.48 bits per heavy atom. The van der Waals surface area contributed by atoms with Gasteiger partial charge in [0.25, 0.3) is 0 Å². The van der Waals surface area contributed by atoms with Gasteiger partial charge in [-0.2, -0.15) is 5.10 Å². The smallest absolute Gasteiger partial charge is 0.244 e. The SMILES string of the molecule is CNC(C(=O)N1CCOC(c2cccc(F)c2)C1)c1cnn(C)c1.Cl. The molecule has 1 aliphatic rings. The van der Waals surface area contributed by atoms with Gasteiger partial charge in [-0.25, -0.2) is 4.39 Å². The predicted molar refractivity (Wildman–Crippen MR) is 93.9 cm³/mol. The normalized spacial score (nSPS) is 18.5. The van der Waals surface area contributed by atoms with Crippen LogP contribution in [0.4, 0.5) is 4.39 Å². The number of rotatable bonds is 4. The number of aromatic nitrogens is 2. The average Bonchev–Trinajstić information content (AvgIpc) is 3.02. The second-order valence-electron chi connectivity index (χ2n) is 5.87. The molecule has 136 valence electrons. The molecule has 0 bridgehead atoms. The maximum Gasteiger partial charge on any atom is 0.244 e. The van der Waals surface area contributed by atoms with Gasteiger partial charge < -0.3 is 15.0 Å². The fourth-order valence-corrected chi connectivity index (χ4v) is 2.96. The van der Waals surface area contributed by atoms with E-state index >= 15 is 0 Å². The summed E-state index contributed by atoms with van der Waals surface area (Å²) in [6.07, 6.45) is 3.19. The second kappa shape index (κ2) is 8.42. The Bertz CT molecular complexity index is 724. The van der Waals surface area contributed by atoms with Crippen molar-refractivity contribution in [2.75, 3.05) is 26.7 Å². The molecule has 1 fully saturated rings. The highest BCUT2D eigenvalue weighted by molar-refractivity contribution is 5.85. The van der Waals surface area contributed by atoms with Crippen LogP contribution in [0.5, 0.6) is 0 Å². The van der Waals surface area contributed by atoms with Crippen molar-refractivity contribution in [2.45, 2.75) is 12.1 Å². The van der Waals surface area contributed by atoms with E-state index < -0.39 is 6.04 Å². The maximum absolute atomic E-state index is 13.4. The number of benzene rings is 1. The first-order valence-electron chi connectivity index (χ1n) is 7.90. The number of carbonyl (C=O) groups is 1. The van der Waals surface area contributed by atoms with Crippen molar-refractivity contribution in [1.29, 1.82) is 0 Å². The minimum atomic E-state index is -0.454. The molecule has 2 unspecified atom stereocenters. The average molecular weight is 369 g/mol. The summed E-state index contributed by atoms with van der Waals surface area (Å²) < 4.78 is 20.8. The van der Waals surface area contributed by atoms with Crippen molar-refractivity contribution < 1.29 is 13.9 Å². The summed E-state index contributed by atoms with van der Waals surface area (Å²) in [5.41, 5.74) is 1.56. The number of hydrogen-bond acceptors (Lipinski definition) is 4. The number of nitrogens with zero attached hydrogens (tertiary/aromatic N) is 3. The lowest BCUT2D eigenvalue weighted by atomic mass is 10.1. The number of amides is 1. The van der Waals surface area contributed by atoms with Crippen LogP contribution in [-0.4, -0.2) is 47.3 Å².